The highest BCUT2D eigenvalue weighted by Gasteiger charge is 2.18. The lowest BCUT2D eigenvalue weighted by Gasteiger charge is -2.12. The van der Waals surface area contributed by atoms with Gasteiger partial charge in [-0.1, -0.05) is 0 Å². The van der Waals surface area contributed by atoms with E-state index >= 15 is 0 Å². The van der Waals surface area contributed by atoms with Crippen LogP contribution < -0.4 is 14.8 Å². The van der Waals surface area contributed by atoms with Crippen LogP contribution in [-0.2, 0) is 28.3 Å². The number of fused-ring (bicyclic) bond motifs is 1. The molecule has 1 aromatic carbocycles. The van der Waals surface area contributed by atoms with Crippen molar-refractivity contribution in [1.29, 1.82) is 0 Å². The Balaban J connectivity index is 1.69. The molecule has 2 N–H and O–H groups in total. The number of methoxy groups -OCH3 is 1. The highest BCUT2D eigenvalue weighted by atomic mass is 32.2. The Morgan fingerprint density at radius 2 is 1.81 bits per heavy atom. The normalized spacial score (nSPS) is 11.5. The molecule has 10 heteroatoms. The number of anilines is 2. The smallest absolute Gasteiger partial charge is 0.242 e. The quantitative estimate of drug-likeness (QED) is 0.551. The molecule has 0 bridgehead atoms. The van der Waals surface area contributed by atoms with Crippen molar-refractivity contribution in [2.45, 2.75) is 33.6 Å². The van der Waals surface area contributed by atoms with Crippen LogP contribution in [-0.4, -0.2) is 42.0 Å². The van der Waals surface area contributed by atoms with E-state index in [1.165, 1.54) is 0 Å². The van der Waals surface area contributed by atoms with Gasteiger partial charge in [0, 0.05) is 30.5 Å². The highest BCUT2D eigenvalue weighted by molar-refractivity contribution is 7.92. The number of rotatable bonds is 8. The Bertz CT molecular complexity index is 1220. The maximum atomic E-state index is 12.5. The number of hydrogen-bond donors (Lipinski definition) is 2. The van der Waals surface area contributed by atoms with Crippen molar-refractivity contribution in [3.63, 3.8) is 0 Å². The number of hydrogen-bond acceptors (Lipinski definition) is 6. The highest BCUT2D eigenvalue weighted by Crippen LogP contribution is 2.30. The minimum Gasteiger partial charge on any atom is -0.479 e. The summed E-state index contributed by atoms with van der Waals surface area (Å²) in [4.78, 5) is 17.1. The van der Waals surface area contributed by atoms with E-state index in [4.69, 9.17) is 4.74 Å². The molecule has 0 aliphatic carbocycles. The molecule has 0 fully saturated rings. The van der Waals surface area contributed by atoms with Crippen LogP contribution in [0.25, 0.3) is 11.0 Å². The van der Waals surface area contributed by atoms with Gasteiger partial charge in [0.25, 0.3) is 0 Å². The Kier molecular flexibility index (Phi) is 6.49. The molecular weight excluding hydrogens is 418 g/mol. The molecule has 31 heavy (non-hydrogen) atoms. The third-order valence-corrected chi connectivity index (χ3v) is 6.45. The maximum absolute atomic E-state index is 12.5. The summed E-state index contributed by atoms with van der Waals surface area (Å²) in [5.41, 5.74) is 4.66. The van der Waals surface area contributed by atoms with Gasteiger partial charge in [-0.15, -0.1) is 5.10 Å². The zero-order valence-electron chi connectivity index (χ0n) is 18.3. The second-order valence-electron chi connectivity index (χ2n) is 7.26. The molecule has 1 amide bonds. The number of nitrogens with one attached hydrogen (secondary N) is 2. The molecule has 0 spiro atoms. The van der Waals surface area contributed by atoms with Gasteiger partial charge in [0.1, 0.15) is 0 Å². The van der Waals surface area contributed by atoms with Crippen LogP contribution in [0.1, 0.15) is 30.2 Å². The summed E-state index contributed by atoms with van der Waals surface area (Å²) in [7, 11) is 0.0645. The summed E-state index contributed by atoms with van der Waals surface area (Å²) in [5.74, 6) is 0.376. The van der Waals surface area contributed by atoms with Gasteiger partial charge in [-0.2, -0.15) is 0 Å². The van der Waals surface area contributed by atoms with E-state index in [-0.39, 0.29) is 18.1 Å². The number of pyridine rings is 1. The van der Waals surface area contributed by atoms with Crippen LogP contribution in [0.3, 0.4) is 0 Å². The van der Waals surface area contributed by atoms with Gasteiger partial charge in [-0.3, -0.25) is 9.52 Å². The molecule has 3 rings (SSSR count). The van der Waals surface area contributed by atoms with Crippen molar-refractivity contribution >= 4 is 38.3 Å². The number of aromatic nitrogens is 3. The molecular formula is C21H27N5O4S. The molecule has 0 aliphatic heterocycles. The van der Waals surface area contributed by atoms with Crippen LogP contribution in [0.4, 0.5) is 11.4 Å². The molecule has 0 unspecified atom stereocenters. The zero-order chi connectivity index (χ0) is 22.8. The van der Waals surface area contributed by atoms with E-state index in [1.807, 2.05) is 20.9 Å². The van der Waals surface area contributed by atoms with Crippen molar-refractivity contribution < 1.29 is 17.9 Å². The molecule has 0 saturated heterocycles. The molecule has 166 valence electrons. The van der Waals surface area contributed by atoms with Gasteiger partial charge >= 0.3 is 0 Å². The second kappa shape index (κ2) is 8.93. The van der Waals surface area contributed by atoms with Crippen molar-refractivity contribution in [3.05, 3.63) is 41.1 Å². The third kappa shape index (κ3) is 4.96. The fourth-order valence-corrected chi connectivity index (χ4v) is 4.08. The first-order valence-electron chi connectivity index (χ1n) is 9.92. The van der Waals surface area contributed by atoms with E-state index in [9.17, 15) is 13.2 Å². The molecule has 0 atom stereocenters. The minimum absolute atomic E-state index is 0.00408. The summed E-state index contributed by atoms with van der Waals surface area (Å²) in [6.07, 6.45) is 0.806. The first-order valence-corrected chi connectivity index (χ1v) is 11.6. The fraction of sp³-hybridized carbons (Fsp3) is 0.381. The lowest BCUT2D eigenvalue weighted by atomic mass is 10.00. The van der Waals surface area contributed by atoms with E-state index < -0.39 is 10.0 Å². The van der Waals surface area contributed by atoms with Gasteiger partial charge in [0.2, 0.25) is 21.8 Å². The predicted octanol–water partition coefficient (Wildman–Crippen LogP) is 2.93. The van der Waals surface area contributed by atoms with Crippen LogP contribution >= 0.6 is 0 Å². The molecule has 3 aromatic rings. The number of carbonyl (C=O) groups is 1. The minimum atomic E-state index is -3.33. The summed E-state index contributed by atoms with van der Waals surface area (Å²) in [6.45, 7) is 5.48. The molecule has 0 radical (unpaired) electrons. The predicted molar refractivity (Wildman–Crippen MR) is 121 cm³/mol. The second-order valence-corrected chi connectivity index (χ2v) is 9.27. The Morgan fingerprint density at radius 1 is 1.16 bits per heavy atom. The maximum Gasteiger partial charge on any atom is 0.242 e. The largest absolute Gasteiger partial charge is 0.479 e. The van der Waals surface area contributed by atoms with Crippen molar-refractivity contribution in [2.75, 3.05) is 22.9 Å². The number of amides is 1. The summed E-state index contributed by atoms with van der Waals surface area (Å²) >= 11 is 0. The number of nitrogens with zero attached hydrogens (tertiary/aromatic N) is 3. The van der Waals surface area contributed by atoms with E-state index in [2.05, 4.69) is 20.1 Å². The van der Waals surface area contributed by atoms with E-state index in [0.29, 0.717) is 23.7 Å². The first kappa shape index (κ1) is 22.5. The number of sulfonamides is 1. The fourth-order valence-electron chi connectivity index (χ4n) is 3.44. The Labute approximate surface area is 181 Å². The Morgan fingerprint density at radius 3 is 2.42 bits per heavy atom. The molecule has 2 heterocycles. The van der Waals surface area contributed by atoms with Crippen molar-refractivity contribution in [2.24, 2.45) is 7.05 Å². The Hall–Kier alpha value is -3.14. The van der Waals surface area contributed by atoms with E-state index in [0.717, 1.165) is 27.9 Å². The first-order chi connectivity index (χ1) is 14.6. The SMILES string of the molecule is CCS(=O)(=O)Nc1ccc(NC(=O)CCc2c(C)nc3c(c(OC)nn3C)c2C)cc1. The third-order valence-electron chi connectivity index (χ3n) is 5.14. The molecule has 2 aromatic heterocycles. The van der Waals surface area contributed by atoms with Crippen LogP contribution in [0.15, 0.2) is 24.3 Å². The average molecular weight is 446 g/mol. The summed E-state index contributed by atoms with van der Waals surface area (Å²) < 4.78 is 32.8. The number of aryl methyl sites for hydroxylation is 3. The van der Waals surface area contributed by atoms with Crippen LogP contribution in [0, 0.1) is 13.8 Å². The van der Waals surface area contributed by atoms with Gasteiger partial charge < -0.3 is 10.1 Å². The number of carbonyl (C=O) groups excluding carboxylic acids is 1. The number of ether oxygens (including phenoxy) is 1. The van der Waals surface area contributed by atoms with Crippen molar-refractivity contribution in [1.82, 2.24) is 14.8 Å². The standard InChI is InChI=1S/C21H27N5O4S/c1-6-31(28,29)25-16-9-7-15(8-10-16)23-18(27)12-11-17-13(2)19-20(22-14(17)3)26(4)24-21(19)30-5/h7-10,25H,6,11-12H2,1-5H3,(H,23,27). The van der Waals surface area contributed by atoms with Gasteiger partial charge in [0.05, 0.1) is 18.2 Å². The van der Waals surface area contributed by atoms with Crippen LogP contribution in [0.5, 0.6) is 5.88 Å². The molecule has 0 aliphatic rings. The van der Waals surface area contributed by atoms with Crippen molar-refractivity contribution in [3.8, 4) is 5.88 Å². The monoisotopic (exact) mass is 445 g/mol. The summed E-state index contributed by atoms with van der Waals surface area (Å²) in [6, 6.07) is 6.55. The van der Waals surface area contributed by atoms with Gasteiger partial charge in [-0.05, 0) is 62.6 Å². The van der Waals surface area contributed by atoms with Crippen LogP contribution in [0.2, 0.25) is 0 Å². The lowest BCUT2D eigenvalue weighted by molar-refractivity contribution is -0.116. The zero-order valence-corrected chi connectivity index (χ0v) is 19.1. The molecule has 9 nitrogen and oxygen atoms in total. The van der Waals surface area contributed by atoms with E-state index in [1.54, 1.807) is 43.0 Å². The topological polar surface area (TPSA) is 115 Å². The van der Waals surface area contributed by atoms with Gasteiger partial charge in [-0.25, -0.2) is 18.1 Å². The lowest BCUT2D eigenvalue weighted by Crippen LogP contribution is -2.15. The number of benzene rings is 1. The van der Waals surface area contributed by atoms with Gasteiger partial charge in [0.15, 0.2) is 5.65 Å². The summed E-state index contributed by atoms with van der Waals surface area (Å²) in [5, 5.41) is 8.05. The average Bonchev–Trinajstić information content (AvgIpc) is 3.05. The molecule has 0 saturated carbocycles.